The van der Waals surface area contributed by atoms with Crippen molar-refractivity contribution in [1.29, 1.82) is 0 Å². The van der Waals surface area contributed by atoms with E-state index < -0.39 is 5.97 Å². The summed E-state index contributed by atoms with van der Waals surface area (Å²) in [5, 5.41) is 13.6. The molecule has 1 saturated heterocycles. The molecule has 6 heteroatoms. The van der Waals surface area contributed by atoms with Gasteiger partial charge in [-0.3, -0.25) is 9.69 Å². The number of nitrogens with zero attached hydrogens (tertiary/aromatic N) is 1. The number of carboxylic acid groups (broad SMARTS) is 1. The molecule has 1 atom stereocenters. The van der Waals surface area contributed by atoms with Crippen molar-refractivity contribution in [2.75, 3.05) is 19.7 Å². The fourth-order valence-corrected chi connectivity index (χ4v) is 4.95. The van der Waals surface area contributed by atoms with Crippen molar-refractivity contribution in [2.45, 2.75) is 32.4 Å². The van der Waals surface area contributed by atoms with E-state index in [1.807, 2.05) is 43.3 Å². The van der Waals surface area contributed by atoms with Crippen LogP contribution in [-0.4, -0.2) is 35.7 Å². The van der Waals surface area contributed by atoms with Crippen molar-refractivity contribution in [3.8, 4) is 11.5 Å². The quantitative estimate of drug-likeness (QED) is 0.458. The van der Waals surface area contributed by atoms with Crippen molar-refractivity contribution >= 4 is 17.3 Å². The van der Waals surface area contributed by atoms with Gasteiger partial charge in [-0.15, -0.1) is 0 Å². The summed E-state index contributed by atoms with van der Waals surface area (Å²) in [7, 11) is 0. The molecule has 0 bridgehead atoms. The number of likely N-dealkylation sites (tertiary alicyclic amines) is 1. The van der Waals surface area contributed by atoms with E-state index in [-0.39, 0.29) is 12.0 Å². The summed E-state index contributed by atoms with van der Waals surface area (Å²) in [5.74, 6) is 0.534. The number of ether oxygens (including phenoxy) is 2. The molecule has 3 aromatic rings. The zero-order valence-electron chi connectivity index (χ0n) is 18.3. The summed E-state index contributed by atoms with van der Waals surface area (Å²) in [6.07, 6.45) is 1.35. The summed E-state index contributed by atoms with van der Waals surface area (Å²) in [6.45, 7) is 4.53. The van der Waals surface area contributed by atoms with Gasteiger partial charge in [0.05, 0.1) is 18.6 Å². The van der Waals surface area contributed by atoms with Gasteiger partial charge in [0.15, 0.2) is 11.5 Å². The van der Waals surface area contributed by atoms with E-state index in [2.05, 4.69) is 33.9 Å². The van der Waals surface area contributed by atoms with Crippen molar-refractivity contribution in [1.82, 2.24) is 4.90 Å². The first-order valence-corrected chi connectivity index (χ1v) is 12.0. The highest BCUT2D eigenvalue weighted by molar-refractivity contribution is 7.08. The van der Waals surface area contributed by atoms with E-state index in [0.717, 1.165) is 35.7 Å². The molecule has 1 unspecified atom stereocenters. The molecule has 0 amide bonds. The van der Waals surface area contributed by atoms with Crippen LogP contribution in [0, 0.1) is 5.92 Å². The monoisotopic (exact) mass is 451 g/mol. The lowest BCUT2D eigenvalue weighted by atomic mass is 9.92. The second kappa shape index (κ2) is 10.7. The van der Waals surface area contributed by atoms with Crippen molar-refractivity contribution < 1.29 is 19.4 Å². The zero-order valence-corrected chi connectivity index (χ0v) is 19.1. The number of piperidine rings is 1. The molecule has 168 valence electrons. The largest absolute Gasteiger partial charge is 0.490 e. The van der Waals surface area contributed by atoms with Crippen LogP contribution < -0.4 is 9.47 Å². The Kier molecular flexibility index (Phi) is 7.45. The van der Waals surface area contributed by atoms with Crippen LogP contribution in [0.2, 0.25) is 0 Å². The molecule has 0 saturated carbocycles. The number of carboxylic acids is 1. The Morgan fingerprint density at radius 2 is 1.84 bits per heavy atom. The SMILES string of the molecule is CCOc1cc(C(c2ccsc2)N2CCC(C(=O)O)CC2)ccc1OCc1ccccc1. The number of thiophene rings is 1. The van der Waals surface area contributed by atoms with Gasteiger partial charge in [-0.1, -0.05) is 36.4 Å². The first-order chi connectivity index (χ1) is 15.7. The molecule has 1 aliphatic rings. The lowest BCUT2D eigenvalue weighted by Gasteiger charge is -2.36. The average Bonchev–Trinajstić information content (AvgIpc) is 3.34. The molecule has 1 aliphatic heterocycles. The van der Waals surface area contributed by atoms with Gasteiger partial charge >= 0.3 is 5.97 Å². The van der Waals surface area contributed by atoms with Gasteiger partial charge in [-0.05, 0) is 78.5 Å². The van der Waals surface area contributed by atoms with E-state index in [1.54, 1.807) is 11.3 Å². The Morgan fingerprint density at radius 3 is 2.50 bits per heavy atom. The summed E-state index contributed by atoms with van der Waals surface area (Å²) < 4.78 is 12.0. The fourth-order valence-electron chi connectivity index (χ4n) is 4.27. The summed E-state index contributed by atoms with van der Waals surface area (Å²) >= 11 is 1.68. The third-order valence-corrected chi connectivity index (χ3v) is 6.62. The highest BCUT2D eigenvalue weighted by atomic mass is 32.1. The van der Waals surface area contributed by atoms with Gasteiger partial charge in [0.2, 0.25) is 0 Å². The van der Waals surface area contributed by atoms with Gasteiger partial charge in [-0.25, -0.2) is 0 Å². The van der Waals surface area contributed by atoms with E-state index in [1.165, 1.54) is 5.56 Å². The van der Waals surface area contributed by atoms with Crippen LogP contribution in [-0.2, 0) is 11.4 Å². The molecular weight excluding hydrogens is 422 g/mol. The van der Waals surface area contributed by atoms with Crippen molar-refractivity contribution in [3.05, 3.63) is 82.0 Å². The molecule has 32 heavy (non-hydrogen) atoms. The number of aliphatic carboxylic acids is 1. The predicted octanol–water partition coefficient (Wildman–Crippen LogP) is 5.61. The molecular formula is C26H29NO4S. The van der Waals surface area contributed by atoms with Crippen LogP contribution >= 0.6 is 11.3 Å². The van der Waals surface area contributed by atoms with Crippen molar-refractivity contribution in [3.63, 3.8) is 0 Å². The maximum atomic E-state index is 11.4. The van der Waals surface area contributed by atoms with Gasteiger partial charge in [-0.2, -0.15) is 11.3 Å². The number of rotatable bonds is 9. The number of hydrogen-bond acceptors (Lipinski definition) is 5. The van der Waals surface area contributed by atoms with Crippen LogP contribution in [0.15, 0.2) is 65.4 Å². The van der Waals surface area contributed by atoms with E-state index >= 15 is 0 Å². The fraction of sp³-hybridized carbons (Fsp3) is 0.346. The minimum absolute atomic E-state index is 0.0679. The molecule has 4 rings (SSSR count). The molecule has 0 aliphatic carbocycles. The maximum absolute atomic E-state index is 11.4. The first-order valence-electron chi connectivity index (χ1n) is 11.1. The zero-order chi connectivity index (χ0) is 22.3. The van der Waals surface area contributed by atoms with Gasteiger partial charge in [0, 0.05) is 0 Å². The van der Waals surface area contributed by atoms with Crippen LogP contribution in [0.25, 0.3) is 0 Å². The topological polar surface area (TPSA) is 59.0 Å². The minimum atomic E-state index is -0.685. The predicted molar refractivity (Wildman–Crippen MR) is 126 cm³/mol. The number of carbonyl (C=O) groups is 1. The molecule has 2 aromatic carbocycles. The van der Waals surface area contributed by atoms with Crippen molar-refractivity contribution in [2.24, 2.45) is 5.92 Å². The molecule has 0 radical (unpaired) electrons. The first kappa shape index (κ1) is 22.4. The molecule has 0 spiro atoms. The second-order valence-corrected chi connectivity index (χ2v) is 8.80. The summed E-state index contributed by atoms with van der Waals surface area (Å²) in [5.41, 5.74) is 3.47. The van der Waals surface area contributed by atoms with E-state index in [9.17, 15) is 9.90 Å². The Labute approximate surface area is 193 Å². The number of benzene rings is 2. The highest BCUT2D eigenvalue weighted by Crippen LogP contribution is 2.38. The molecule has 2 heterocycles. The molecule has 1 N–H and O–H groups in total. The molecule has 5 nitrogen and oxygen atoms in total. The Hall–Kier alpha value is -2.83. The molecule has 1 aromatic heterocycles. The Balaban J connectivity index is 1.58. The van der Waals surface area contributed by atoms with E-state index in [0.29, 0.717) is 26.1 Å². The second-order valence-electron chi connectivity index (χ2n) is 8.02. The highest BCUT2D eigenvalue weighted by Gasteiger charge is 2.30. The van der Waals surface area contributed by atoms with E-state index in [4.69, 9.17) is 9.47 Å². The Bertz CT molecular complexity index is 998. The minimum Gasteiger partial charge on any atom is -0.490 e. The normalized spacial score (nSPS) is 15.9. The summed E-state index contributed by atoms with van der Waals surface area (Å²) in [4.78, 5) is 13.8. The van der Waals surface area contributed by atoms with Gasteiger partial charge in [0.1, 0.15) is 6.61 Å². The standard InChI is InChI=1S/C26H29NO4S/c1-2-30-24-16-21(8-9-23(24)31-17-19-6-4-3-5-7-19)25(22-12-15-32-18-22)27-13-10-20(11-14-27)26(28)29/h3-9,12,15-16,18,20,25H,2,10-11,13-14,17H2,1H3,(H,28,29). The average molecular weight is 452 g/mol. The third-order valence-electron chi connectivity index (χ3n) is 5.92. The van der Waals surface area contributed by atoms with Gasteiger partial charge < -0.3 is 14.6 Å². The molecule has 1 fully saturated rings. The third kappa shape index (κ3) is 5.31. The van der Waals surface area contributed by atoms with Crippen LogP contribution in [0.5, 0.6) is 11.5 Å². The summed E-state index contributed by atoms with van der Waals surface area (Å²) in [6, 6.07) is 18.5. The van der Waals surface area contributed by atoms with Gasteiger partial charge in [0.25, 0.3) is 0 Å². The smallest absolute Gasteiger partial charge is 0.306 e. The Morgan fingerprint density at radius 1 is 1.06 bits per heavy atom. The lowest BCUT2D eigenvalue weighted by Crippen LogP contribution is -2.39. The van der Waals surface area contributed by atoms with Crippen LogP contribution in [0.3, 0.4) is 0 Å². The van der Waals surface area contributed by atoms with Crippen LogP contribution in [0.1, 0.15) is 42.5 Å². The maximum Gasteiger partial charge on any atom is 0.306 e. The van der Waals surface area contributed by atoms with Crippen LogP contribution in [0.4, 0.5) is 0 Å². The lowest BCUT2D eigenvalue weighted by molar-refractivity contribution is -0.143. The number of hydrogen-bond donors (Lipinski definition) is 1.